The molecule has 11 rings (SSSR count). The van der Waals surface area contributed by atoms with Crippen molar-refractivity contribution in [3.8, 4) is 17.6 Å². The summed E-state index contributed by atoms with van der Waals surface area (Å²) in [5, 5.41) is 15.0. The Morgan fingerprint density at radius 1 is 0.882 bits per heavy atom. The van der Waals surface area contributed by atoms with E-state index < -0.39 is 101 Å². The number of hydrogen-bond acceptors (Lipinski definition) is 20. The number of imidazole rings is 2. The second-order valence-corrected chi connectivity index (χ2v) is 21.9. The number of nitrogens with one attached hydrogen (secondary N) is 3. The number of fused-ring (bicyclic) bond motifs is 4. The Hall–Kier alpha value is -8.09. The van der Waals surface area contributed by atoms with Gasteiger partial charge in [-0.15, -0.1) is 9.42 Å². The van der Waals surface area contributed by atoms with Crippen LogP contribution in [0.3, 0.4) is 0 Å². The van der Waals surface area contributed by atoms with Gasteiger partial charge in [-0.05, 0) is 53.1 Å². The molecule has 2 unspecified atom stereocenters. The van der Waals surface area contributed by atoms with Gasteiger partial charge >= 0.3 is 16.9 Å². The first-order valence-corrected chi connectivity index (χ1v) is 28.8. The third-order valence-corrected chi connectivity index (χ3v) is 16.1. The number of carbonyl (C=O) groups is 2. The molecule has 440 valence electrons. The number of anilines is 2. The van der Waals surface area contributed by atoms with Gasteiger partial charge in [-0.2, -0.15) is 10.2 Å². The molecule has 85 heavy (non-hydrogen) atoms. The Morgan fingerprint density at radius 3 is 2.18 bits per heavy atom. The second-order valence-electron chi connectivity index (χ2n) is 20.0. The number of amides is 2. The van der Waals surface area contributed by atoms with Gasteiger partial charge < -0.3 is 47.3 Å². The molecule has 0 saturated carbocycles. The van der Waals surface area contributed by atoms with Crippen molar-refractivity contribution in [1.82, 2.24) is 39.0 Å². The average molecular weight is 1200 g/mol. The van der Waals surface area contributed by atoms with Gasteiger partial charge in [-0.25, -0.2) is 24.3 Å². The molecule has 0 spiro atoms. The summed E-state index contributed by atoms with van der Waals surface area (Å²) in [6.07, 6.45) is -6.70. The van der Waals surface area contributed by atoms with Gasteiger partial charge in [0.25, 0.3) is 11.5 Å². The molecule has 3 aliphatic rings. The van der Waals surface area contributed by atoms with E-state index >= 15 is 4.39 Å². The molecule has 4 aromatic carbocycles. The van der Waals surface area contributed by atoms with Crippen LogP contribution in [0.2, 0.25) is 0 Å². The SMILES string of the molecule is COc1ccc(C(OC[C@@]23CO[C@@H]([C@H](n4cnc5c(NC(=O)c6ccccc6)ncnc54)O2)[C@@H]3OP(OCCC#N)OC[C@H]2O[C@@H](n3cnc4c(=O)[nH]c(NC(=O)C(C)C)nc43)[C@H](O[P+](=O)O)[C@@H]2F)(c2ccccc2)c2ccc(OC)cc2)cc1. The monoisotopic (exact) mass is 1200 g/mol. The Balaban J connectivity index is 0.950. The number of hydrogen-bond donors (Lipinski definition) is 4. The highest BCUT2D eigenvalue weighted by Crippen LogP contribution is 2.55. The maximum Gasteiger partial charge on any atom is 0.695 e. The summed E-state index contributed by atoms with van der Waals surface area (Å²) in [6.45, 7) is 2.00. The van der Waals surface area contributed by atoms with E-state index in [9.17, 15) is 29.1 Å². The largest absolute Gasteiger partial charge is 0.695 e. The van der Waals surface area contributed by atoms with E-state index in [1.54, 1.807) is 63.0 Å². The maximum atomic E-state index is 16.9. The quantitative estimate of drug-likeness (QED) is 0.0261. The van der Waals surface area contributed by atoms with Crippen LogP contribution in [0.15, 0.2) is 133 Å². The zero-order chi connectivity index (χ0) is 59.4. The number of aromatic nitrogens is 8. The van der Waals surface area contributed by atoms with Gasteiger partial charge in [0, 0.05) is 16.0 Å². The summed E-state index contributed by atoms with van der Waals surface area (Å²) in [4.78, 5) is 73.6. The van der Waals surface area contributed by atoms with Gasteiger partial charge in [-0.1, -0.05) is 86.6 Å². The van der Waals surface area contributed by atoms with Crippen molar-refractivity contribution in [3.05, 3.63) is 161 Å². The Labute approximate surface area is 485 Å². The highest BCUT2D eigenvalue weighted by Gasteiger charge is 2.65. The third-order valence-electron chi connectivity index (χ3n) is 14.5. The van der Waals surface area contributed by atoms with E-state index in [4.69, 9.17) is 46.5 Å². The molecule has 4 N–H and O–H groups in total. The summed E-state index contributed by atoms with van der Waals surface area (Å²) in [5.41, 5.74) is -1.11. The van der Waals surface area contributed by atoms with Crippen LogP contribution in [-0.2, 0) is 52.0 Å². The topological polar surface area (TPSA) is 319 Å². The van der Waals surface area contributed by atoms with Crippen molar-refractivity contribution in [2.24, 2.45) is 5.92 Å². The molecule has 4 aromatic heterocycles. The first kappa shape index (κ1) is 58.7. The number of halogens is 1. The zero-order valence-electron chi connectivity index (χ0n) is 45.8. The first-order chi connectivity index (χ1) is 41.2. The molecular formula is C56H55FN11O15P2+. The van der Waals surface area contributed by atoms with Crippen molar-refractivity contribution in [2.75, 3.05) is 51.3 Å². The number of nitrogens with zero attached hydrogens (tertiary/aromatic N) is 8. The van der Waals surface area contributed by atoms with Crippen molar-refractivity contribution in [2.45, 2.75) is 74.5 Å². The predicted molar refractivity (Wildman–Crippen MR) is 300 cm³/mol. The van der Waals surface area contributed by atoms with Crippen LogP contribution >= 0.6 is 16.9 Å². The Morgan fingerprint density at radius 2 is 1.53 bits per heavy atom. The van der Waals surface area contributed by atoms with Gasteiger partial charge in [0.15, 0.2) is 52.9 Å². The van der Waals surface area contributed by atoms with E-state index in [0.29, 0.717) is 28.2 Å². The number of aromatic amines is 1. The molecule has 3 aliphatic heterocycles. The molecule has 0 aliphatic carbocycles. The minimum atomic E-state index is -3.44. The van der Waals surface area contributed by atoms with Crippen molar-refractivity contribution in [3.63, 3.8) is 0 Å². The summed E-state index contributed by atoms with van der Waals surface area (Å²) in [5.74, 6) is -0.318. The first-order valence-electron chi connectivity index (χ1n) is 26.6. The summed E-state index contributed by atoms with van der Waals surface area (Å²) in [6, 6.07) is 35.0. The average Bonchev–Trinajstić information content (AvgIpc) is 1.68. The number of benzene rings is 4. The minimum absolute atomic E-state index is 0.119. The van der Waals surface area contributed by atoms with E-state index in [-0.39, 0.29) is 60.3 Å². The lowest BCUT2D eigenvalue weighted by Crippen LogP contribution is -2.49. The summed E-state index contributed by atoms with van der Waals surface area (Å²) >= 11 is 0. The van der Waals surface area contributed by atoms with Crippen LogP contribution < -0.4 is 25.7 Å². The predicted octanol–water partition coefficient (Wildman–Crippen LogP) is 7.33. The Kier molecular flexibility index (Phi) is 17.4. The maximum absolute atomic E-state index is 16.9. The molecule has 2 bridgehead atoms. The van der Waals surface area contributed by atoms with E-state index in [0.717, 1.165) is 16.5 Å². The third kappa shape index (κ3) is 11.7. The normalized spacial score (nSPS) is 22.4. The number of nitriles is 1. The fourth-order valence-corrected chi connectivity index (χ4v) is 11.9. The lowest BCUT2D eigenvalue weighted by Gasteiger charge is -2.40. The van der Waals surface area contributed by atoms with Crippen LogP contribution in [0.5, 0.6) is 11.5 Å². The molecule has 3 saturated heterocycles. The minimum Gasteiger partial charge on any atom is -0.497 e. The number of rotatable bonds is 24. The fraction of sp³-hybridized carbons (Fsp3) is 0.339. The Bertz CT molecular complexity index is 3760. The molecule has 2 amide bonds. The van der Waals surface area contributed by atoms with Crippen LogP contribution in [0.1, 0.15) is 59.8 Å². The molecule has 7 heterocycles. The van der Waals surface area contributed by atoms with Gasteiger partial charge in [0.1, 0.15) is 47.3 Å². The standard InChI is InChI=1S/C56H54FN11O15P2/c1-32(2)49(69)65-54-64-48-42(51(71)66-54)62-31-68(48)52-43(82-84(72)73)40(57)39(80-52)26-79-85(78-25-11-24-58)83-45-44-53(67-30-61-41-46(59-29-60-47(41)67)63-50(70)33-12-7-5-8-13-33)81-55(45,27-76-44)28-77-56(34-14-9-6-10-15-34,35-16-20-37(74-3)21-17-35)36-18-22-38(75-4)23-19-36/h5-10,12-23,29-32,39-40,43-45,52-53H,11,25-28H2,1-4H3,(H3-,59,60,63,64,65,66,69,70,71,72,73)/p+1/t39-,40-,43-,44-,45+,52-,53-,55-,85?/m1/s1. The molecular weight excluding hydrogens is 1150 g/mol. The van der Waals surface area contributed by atoms with Crippen molar-refractivity contribution in [1.29, 1.82) is 5.26 Å². The number of carbonyl (C=O) groups excluding carboxylic acids is 2. The van der Waals surface area contributed by atoms with Crippen molar-refractivity contribution < 1.29 is 70.0 Å². The highest BCUT2D eigenvalue weighted by molar-refractivity contribution is 7.41. The van der Waals surface area contributed by atoms with E-state index in [1.807, 2.05) is 84.9 Å². The molecule has 3 fully saturated rings. The molecule has 26 nitrogen and oxygen atoms in total. The number of methoxy groups -OCH3 is 2. The lowest BCUT2D eigenvalue weighted by molar-refractivity contribution is -0.202. The summed E-state index contributed by atoms with van der Waals surface area (Å²) in [7, 11) is -2.94. The lowest BCUT2D eigenvalue weighted by atomic mass is 9.79. The summed E-state index contributed by atoms with van der Waals surface area (Å²) < 4.78 is 95.2. The second kappa shape index (κ2) is 25.2. The molecule has 29 heteroatoms. The van der Waals surface area contributed by atoms with Crippen LogP contribution in [0.25, 0.3) is 22.3 Å². The fourth-order valence-electron chi connectivity index (χ4n) is 10.3. The van der Waals surface area contributed by atoms with Crippen molar-refractivity contribution >= 4 is 62.8 Å². The number of H-pyrrole nitrogens is 1. The molecule has 10 atom stereocenters. The molecule has 0 radical (unpaired) electrons. The van der Waals surface area contributed by atoms with Crippen LogP contribution in [-0.4, -0.2) is 133 Å². The number of ether oxygens (including phenoxy) is 6. The van der Waals surface area contributed by atoms with Crippen LogP contribution in [0.4, 0.5) is 16.2 Å². The van der Waals surface area contributed by atoms with Gasteiger partial charge in [0.05, 0.1) is 65.8 Å². The van der Waals surface area contributed by atoms with E-state index in [2.05, 4.69) is 40.5 Å². The smallest absolute Gasteiger partial charge is 0.497 e. The van der Waals surface area contributed by atoms with Crippen LogP contribution in [0, 0.1) is 17.2 Å². The zero-order valence-corrected chi connectivity index (χ0v) is 47.6. The van der Waals surface area contributed by atoms with Gasteiger partial charge in [0.2, 0.25) is 11.9 Å². The van der Waals surface area contributed by atoms with Gasteiger partial charge in [-0.3, -0.25) is 33.8 Å². The highest BCUT2D eigenvalue weighted by atomic mass is 31.2. The van der Waals surface area contributed by atoms with E-state index in [1.165, 1.54) is 12.7 Å². The molecule has 8 aromatic rings. The number of alkyl halides is 1.